The number of rotatable bonds is 4. The minimum atomic E-state index is 0. The molecule has 1 amide bonds. The summed E-state index contributed by atoms with van der Waals surface area (Å²) in [4.78, 5) is 14.8. The number of hydrogen-bond acceptors (Lipinski definition) is 4. The van der Waals surface area contributed by atoms with Crippen LogP contribution in [-0.4, -0.2) is 50.7 Å². The molecule has 2 heterocycles. The highest BCUT2D eigenvalue weighted by Crippen LogP contribution is 2.29. The van der Waals surface area contributed by atoms with Gasteiger partial charge in [-0.15, -0.1) is 12.4 Å². The number of ether oxygens (including phenoxy) is 2. The van der Waals surface area contributed by atoms with Crippen molar-refractivity contribution in [2.24, 2.45) is 5.92 Å². The Balaban J connectivity index is 0.00000208. The maximum atomic E-state index is 12.8. The Morgan fingerprint density at radius 2 is 1.92 bits per heavy atom. The molecule has 2 aliphatic heterocycles. The third-order valence-electron chi connectivity index (χ3n) is 5.13. The highest BCUT2D eigenvalue weighted by molar-refractivity contribution is 5.97. The smallest absolute Gasteiger partial charge is 0.257 e. The normalized spacial score (nSPS) is 21.2. The van der Waals surface area contributed by atoms with Gasteiger partial charge in [0, 0.05) is 25.2 Å². The first-order valence-electron chi connectivity index (χ1n) is 8.47. The summed E-state index contributed by atoms with van der Waals surface area (Å²) in [6, 6.07) is 6.03. The largest absolute Gasteiger partial charge is 0.497 e. The van der Waals surface area contributed by atoms with E-state index in [9.17, 15) is 4.79 Å². The molecule has 24 heavy (non-hydrogen) atoms. The lowest BCUT2D eigenvalue weighted by Gasteiger charge is -2.35. The number of piperidine rings is 1. The zero-order chi connectivity index (χ0) is 16.2. The van der Waals surface area contributed by atoms with Crippen LogP contribution in [0.4, 0.5) is 0 Å². The molecular formula is C18H27ClN2O3. The van der Waals surface area contributed by atoms with Crippen LogP contribution in [0.25, 0.3) is 0 Å². The number of halogens is 1. The summed E-state index contributed by atoms with van der Waals surface area (Å²) in [5.41, 5.74) is 0.616. The van der Waals surface area contributed by atoms with Gasteiger partial charge in [0.2, 0.25) is 0 Å². The first-order valence-corrected chi connectivity index (χ1v) is 8.47. The minimum absolute atomic E-state index is 0. The second-order valence-corrected chi connectivity index (χ2v) is 6.40. The van der Waals surface area contributed by atoms with Crippen molar-refractivity contribution in [3.8, 4) is 11.5 Å². The Kier molecular flexibility index (Phi) is 6.75. The molecule has 0 radical (unpaired) electrons. The molecule has 1 unspecified atom stereocenters. The maximum Gasteiger partial charge on any atom is 0.257 e. The van der Waals surface area contributed by atoms with Gasteiger partial charge in [0.05, 0.1) is 19.8 Å². The second-order valence-electron chi connectivity index (χ2n) is 6.40. The lowest BCUT2D eigenvalue weighted by Crippen LogP contribution is -2.43. The predicted octanol–water partition coefficient (Wildman–Crippen LogP) is 2.73. The third-order valence-corrected chi connectivity index (χ3v) is 5.13. The number of amides is 1. The molecule has 0 aromatic heterocycles. The van der Waals surface area contributed by atoms with Crippen molar-refractivity contribution in [1.29, 1.82) is 0 Å². The van der Waals surface area contributed by atoms with Crippen molar-refractivity contribution >= 4 is 18.3 Å². The first-order chi connectivity index (χ1) is 11.2. The molecule has 5 nitrogen and oxygen atoms in total. The number of carbonyl (C=O) groups excluding carboxylic acids is 1. The molecule has 2 aliphatic rings. The van der Waals surface area contributed by atoms with E-state index in [2.05, 4.69) is 5.32 Å². The van der Waals surface area contributed by atoms with Crippen LogP contribution in [0.2, 0.25) is 0 Å². The van der Waals surface area contributed by atoms with Crippen molar-refractivity contribution in [2.75, 3.05) is 33.9 Å². The van der Waals surface area contributed by atoms with Crippen LogP contribution in [0, 0.1) is 5.92 Å². The summed E-state index contributed by atoms with van der Waals surface area (Å²) in [5, 5.41) is 3.60. The van der Waals surface area contributed by atoms with Gasteiger partial charge >= 0.3 is 0 Å². The van der Waals surface area contributed by atoms with E-state index in [4.69, 9.17) is 9.47 Å². The van der Waals surface area contributed by atoms with Crippen LogP contribution < -0.4 is 14.8 Å². The summed E-state index contributed by atoms with van der Waals surface area (Å²) in [7, 11) is 3.20. The average molecular weight is 355 g/mol. The fourth-order valence-corrected chi connectivity index (χ4v) is 3.76. The molecule has 3 rings (SSSR count). The van der Waals surface area contributed by atoms with Crippen LogP contribution >= 0.6 is 12.4 Å². The van der Waals surface area contributed by atoms with Gasteiger partial charge < -0.3 is 19.7 Å². The molecule has 0 spiro atoms. The number of nitrogens with one attached hydrogen (secondary N) is 1. The summed E-state index contributed by atoms with van der Waals surface area (Å²) in [6.07, 6.45) is 4.74. The SMILES string of the molecule is COc1ccc(C(=O)N2CCC(C3CCCN3)CC2)c(OC)c1.Cl. The molecule has 6 heteroatoms. The Labute approximate surface area is 150 Å². The molecule has 134 valence electrons. The van der Waals surface area contributed by atoms with Gasteiger partial charge in [-0.25, -0.2) is 0 Å². The Hall–Kier alpha value is -1.46. The van der Waals surface area contributed by atoms with Gasteiger partial charge in [0.1, 0.15) is 11.5 Å². The molecule has 0 saturated carbocycles. The zero-order valence-electron chi connectivity index (χ0n) is 14.4. The van der Waals surface area contributed by atoms with E-state index >= 15 is 0 Å². The van der Waals surface area contributed by atoms with E-state index in [0.717, 1.165) is 32.5 Å². The van der Waals surface area contributed by atoms with Gasteiger partial charge in [0.15, 0.2) is 0 Å². The minimum Gasteiger partial charge on any atom is -0.497 e. The van der Waals surface area contributed by atoms with Crippen LogP contribution in [0.15, 0.2) is 18.2 Å². The highest BCUT2D eigenvalue weighted by atomic mass is 35.5. The van der Waals surface area contributed by atoms with Crippen molar-refractivity contribution in [1.82, 2.24) is 10.2 Å². The molecule has 1 aromatic rings. The van der Waals surface area contributed by atoms with Crippen molar-refractivity contribution < 1.29 is 14.3 Å². The summed E-state index contributed by atoms with van der Waals surface area (Å²) >= 11 is 0. The van der Waals surface area contributed by atoms with Crippen molar-refractivity contribution in [3.63, 3.8) is 0 Å². The van der Waals surface area contributed by atoms with Crippen molar-refractivity contribution in [2.45, 2.75) is 31.7 Å². The molecule has 1 aromatic carbocycles. The Morgan fingerprint density at radius 3 is 2.50 bits per heavy atom. The number of carbonyl (C=O) groups is 1. The Morgan fingerprint density at radius 1 is 1.17 bits per heavy atom. The summed E-state index contributed by atoms with van der Waals surface area (Å²) in [5.74, 6) is 2.04. The van der Waals surface area contributed by atoms with Gasteiger partial charge in [-0.3, -0.25) is 4.79 Å². The number of hydrogen-bond donors (Lipinski definition) is 1. The molecule has 1 atom stereocenters. The van der Waals surface area contributed by atoms with Crippen LogP contribution in [0.3, 0.4) is 0 Å². The topological polar surface area (TPSA) is 50.8 Å². The van der Waals surface area contributed by atoms with Gasteiger partial charge in [-0.1, -0.05) is 0 Å². The molecule has 2 fully saturated rings. The van der Waals surface area contributed by atoms with E-state index in [-0.39, 0.29) is 18.3 Å². The Bertz CT molecular complexity index is 553. The lowest BCUT2D eigenvalue weighted by molar-refractivity contribution is 0.0671. The average Bonchev–Trinajstić information content (AvgIpc) is 3.15. The third kappa shape index (κ3) is 3.95. The number of nitrogens with zero attached hydrogens (tertiary/aromatic N) is 1. The van der Waals surface area contributed by atoms with Gasteiger partial charge in [0.25, 0.3) is 5.91 Å². The van der Waals surface area contributed by atoms with E-state index in [1.807, 2.05) is 11.0 Å². The van der Waals surface area contributed by atoms with Crippen LogP contribution in [-0.2, 0) is 0 Å². The van der Waals surface area contributed by atoms with E-state index in [1.165, 1.54) is 12.8 Å². The fourth-order valence-electron chi connectivity index (χ4n) is 3.76. The standard InChI is InChI=1S/C18H26N2O3.ClH/c1-22-14-5-6-15(17(12-14)23-2)18(21)20-10-7-13(8-11-20)16-4-3-9-19-16;/h5-6,12-13,16,19H,3-4,7-11H2,1-2H3;1H. The molecule has 2 saturated heterocycles. The van der Waals surface area contributed by atoms with Gasteiger partial charge in [-0.05, 0) is 50.3 Å². The second kappa shape index (κ2) is 8.58. The number of methoxy groups -OCH3 is 2. The number of benzene rings is 1. The zero-order valence-corrected chi connectivity index (χ0v) is 15.2. The maximum absolute atomic E-state index is 12.8. The van der Waals surface area contributed by atoms with Crippen molar-refractivity contribution in [3.05, 3.63) is 23.8 Å². The monoisotopic (exact) mass is 354 g/mol. The lowest BCUT2D eigenvalue weighted by atomic mass is 9.88. The molecule has 1 N–H and O–H groups in total. The first kappa shape index (κ1) is 18.9. The molecule has 0 aliphatic carbocycles. The number of likely N-dealkylation sites (tertiary alicyclic amines) is 1. The van der Waals surface area contributed by atoms with E-state index in [1.54, 1.807) is 26.4 Å². The summed E-state index contributed by atoms with van der Waals surface area (Å²) in [6.45, 7) is 2.81. The van der Waals surface area contributed by atoms with Gasteiger partial charge in [-0.2, -0.15) is 0 Å². The molecular weight excluding hydrogens is 328 g/mol. The summed E-state index contributed by atoms with van der Waals surface area (Å²) < 4.78 is 10.6. The highest BCUT2D eigenvalue weighted by Gasteiger charge is 2.30. The van der Waals surface area contributed by atoms with Crippen LogP contribution in [0.1, 0.15) is 36.0 Å². The fraction of sp³-hybridized carbons (Fsp3) is 0.611. The predicted molar refractivity (Wildman–Crippen MR) is 96.4 cm³/mol. The quantitative estimate of drug-likeness (QED) is 0.903. The van der Waals surface area contributed by atoms with E-state index in [0.29, 0.717) is 29.0 Å². The van der Waals surface area contributed by atoms with Crippen LogP contribution in [0.5, 0.6) is 11.5 Å². The van der Waals surface area contributed by atoms with E-state index < -0.39 is 0 Å². The molecule has 0 bridgehead atoms.